The van der Waals surface area contributed by atoms with Gasteiger partial charge < -0.3 is 79.5 Å². The Hall–Kier alpha value is -3.91. The number of carbonyl (C=O) groups excluding carboxylic acids is 1. The van der Waals surface area contributed by atoms with Crippen LogP contribution in [0.15, 0.2) is 36.1 Å². The molecule has 17 heteroatoms. The molecule has 252 valence electrons. The van der Waals surface area contributed by atoms with Crippen LogP contribution in [0.3, 0.4) is 0 Å². The molecule has 0 aliphatic carbocycles. The number of phenolic OH excluding ortho intramolecular Hbond substituents is 3. The molecule has 3 aliphatic rings. The zero-order valence-corrected chi connectivity index (χ0v) is 24.1. The van der Waals surface area contributed by atoms with Gasteiger partial charge in [0.1, 0.15) is 72.5 Å². The fourth-order valence-corrected chi connectivity index (χ4v) is 5.19. The summed E-state index contributed by atoms with van der Waals surface area (Å²) in [5, 5.41) is 103. The highest BCUT2D eigenvalue weighted by atomic mass is 16.7. The first kappa shape index (κ1) is 33.5. The Morgan fingerprint density at radius 3 is 2.07 bits per heavy atom. The van der Waals surface area contributed by atoms with E-state index in [1.807, 2.05) is 0 Å². The third-order valence-corrected chi connectivity index (χ3v) is 7.71. The average Bonchev–Trinajstić information content (AvgIpc) is 3.02. The average molecular weight is 656 g/mol. The van der Waals surface area contributed by atoms with Crippen LogP contribution >= 0.6 is 0 Å². The van der Waals surface area contributed by atoms with Crippen LogP contribution in [-0.4, -0.2) is 136 Å². The van der Waals surface area contributed by atoms with Crippen molar-refractivity contribution in [2.75, 3.05) is 13.2 Å². The summed E-state index contributed by atoms with van der Waals surface area (Å²) < 4.78 is 32.3. The van der Waals surface area contributed by atoms with Crippen molar-refractivity contribution in [3.8, 4) is 28.7 Å². The number of esters is 1. The lowest BCUT2D eigenvalue weighted by Gasteiger charge is -2.41. The van der Waals surface area contributed by atoms with Gasteiger partial charge in [0.25, 0.3) is 11.9 Å². The number of phenols is 3. The van der Waals surface area contributed by atoms with Gasteiger partial charge in [-0.2, -0.15) is 0 Å². The van der Waals surface area contributed by atoms with Gasteiger partial charge in [-0.3, -0.25) is 4.79 Å². The fraction of sp³-hybridized carbons (Fsp3) is 0.483. The highest BCUT2D eigenvalue weighted by Gasteiger charge is 2.48. The molecule has 1 unspecified atom stereocenters. The van der Waals surface area contributed by atoms with E-state index in [0.717, 1.165) is 13.0 Å². The topological polar surface area (TPSA) is 278 Å². The molecule has 46 heavy (non-hydrogen) atoms. The normalized spacial score (nSPS) is 34.1. The third kappa shape index (κ3) is 6.63. The van der Waals surface area contributed by atoms with Crippen molar-refractivity contribution in [1.82, 2.24) is 0 Å². The Kier molecular flexibility index (Phi) is 9.78. The molecule has 2 aromatic carbocycles. The van der Waals surface area contributed by atoms with Crippen LogP contribution in [0.2, 0.25) is 0 Å². The molecule has 17 nitrogen and oxygen atoms in total. The predicted molar refractivity (Wildman–Crippen MR) is 149 cm³/mol. The number of hydrogen-bond acceptors (Lipinski definition) is 16. The van der Waals surface area contributed by atoms with E-state index in [-0.39, 0.29) is 34.1 Å². The van der Waals surface area contributed by atoms with Crippen molar-refractivity contribution in [2.24, 2.45) is 0 Å². The molecule has 0 radical (unpaired) electrons. The van der Waals surface area contributed by atoms with Gasteiger partial charge in [0, 0.05) is 19.1 Å². The number of benzene rings is 2. The Balaban J connectivity index is 1.53. The predicted octanol–water partition coefficient (Wildman–Crippen LogP) is -2.29. The molecule has 11 N–H and O–H groups in total. The van der Waals surface area contributed by atoms with Crippen LogP contribution in [0.5, 0.6) is 28.7 Å². The first-order chi connectivity index (χ1) is 21.8. The van der Waals surface area contributed by atoms with Gasteiger partial charge in [0.2, 0.25) is 12.6 Å². The molecule has 3 heterocycles. The molecule has 0 bridgehead atoms. The van der Waals surface area contributed by atoms with Gasteiger partial charge in [-0.15, -0.1) is 0 Å². The maximum atomic E-state index is 11.3. The fourth-order valence-electron chi connectivity index (χ4n) is 5.19. The molecule has 3 aliphatic heterocycles. The maximum absolute atomic E-state index is 11.3. The van der Waals surface area contributed by atoms with Crippen molar-refractivity contribution < 1.29 is 84.3 Å². The van der Waals surface area contributed by atoms with Crippen LogP contribution in [-0.2, 0) is 23.7 Å². The lowest BCUT2D eigenvalue weighted by molar-refractivity contribution is -0.296. The summed E-state index contributed by atoms with van der Waals surface area (Å²) in [5.41, 5.74) is 0.348. The molecule has 5 rings (SSSR count). The van der Waals surface area contributed by atoms with E-state index in [1.165, 1.54) is 30.3 Å². The molecular weight excluding hydrogens is 620 g/mol. The van der Waals surface area contributed by atoms with Gasteiger partial charge in [-0.1, -0.05) is 0 Å². The highest BCUT2D eigenvalue weighted by Crippen LogP contribution is 2.47. The quantitative estimate of drug-likeness (QED) is 0.0814. The highest BCUT2D eigenvalue weighted by molar-refractivity contribution is 5.70. The molecule has 0 spiro atoms. The van der Waals surface area contributed by atoms with E-state index in [1.54, 1.807) is 0 Å². The van der Waals surface area contributed by atoms with Crippen LogP contribution in [0.25, 0.3) is 6.08 Å². The summed E-state index contributed by atoms with van der Waals surface area (Å²) in [6.07, 6.45) is -16.3. The number of fused-ring (bicyclic) bond motifs is 1. The Labute approximate surface area is 260 Å². The smallest absolute Gasteiger partial charge is 0.302 e. The van der Waals surface area contributed by atoms with Crippen LogP contribution < -0.4 is 4.74 Å². The number of carbonyl (C=O) groups is 1. The Bertz CT molecular complexity index is 1450. The van der Waals surface area contributed by atoms with E-state index < -0.39 is 98.2 Å². The number of hydrogen-bond donors (Lipinski definition) is 10. The number of aromatic hydroxyl groups is 4. The minimum Gasteiger partial charge on any atom is -0.571 e. The second kappa shape index (κ2) is 13.4. The summed E-state index contributed by atoms with van der Waals surface area (Å²) in [6, 6.07) is 6.14. The summed E-state index contributed by atoms with van der Waals surface area (Å²) in [7, 11) is 0. The Morgan fingerprint density at radius 2 is 1.43 bits per heavy atom. The van der Waals surface area contributed by atoms with E-state index in [0.29, 0.717) is 0 Å². The number of ether oxygens (including phenoxy) is 6. The molecule has 2 saturated heterocycles. The summed E-state index contributed by atoms with van der Waals surface area (Å²) in [5.74, 6) is -2.20. The molecule has 0 aromatic heterocycles. The van der Waals surface area contributed by atoms with Gasteiger partial charge in [0.05, 0.1) is 18.2 Å². The van der Waals surface area contributed by atoms with E-state index in [2.05, 4.69) is 4.74 Å². The largest absolute Gasteiger partial charge is 0.571 e. The summed E-state index contributed by atoms with van der Waals surface area (Å²) >= 11 is 0. The van der Waals surface area contributed by atoms with Crippen LogP contribution in [0.4, 0.5) is 0 Å². The van der Waals surface area contributed by atoms with Crippen molar-refractivity contribution in [3.05, 3.63) is 47.2 Å². The molecule has 2 fully saturated rings. The summed E-state index contributed by atoms with van der Waals surface area (Å²) in [4.78, 5) is 11.3. The minimum atomic E-state index is -1.83. The first-order valence-electron chi connectivity index (χ1n) is 14.1. The van der Waals surface area contributed by atoms with E-state index >= 15 is 0 Å². The van der Waals surface area contributed by atoms with E-state index in [9.17, 15) is 55.9 Å². The lowest BCUT2D eigenvalue weighted by atomic mass is 9.98. The zero-order valence-electron chi connectivity index (χ0n) is 24.1. The second-order valence-electron chi connectivity index (χ2n) is 11.0. The third-order valence-electron chi connectivity index (χ3n) is 7.71. The van der Waals surface area contributed by atoms with Gasteiger partial charge in [-0.05, 0) is 18.2 Å². The maximum Gasteiger partial charge on any atom is 0.302 e. The number of aliphatic hydroxyl groups is 8. The molecule has 0 saturated carbocycles. The van der Waals surface area contributed by atoms with Crippen molar-refractivity contribution in [3.63, 3.8) is 0 Å². The van der Waals surface area contributed by atoms with Crippen molar-refractivity contribution in [2.45, 2.75) is 74.4 Å². The first-order valence-corrected chi connectivity index (χ1v) is 14.1. The number of aliphatic hydroxyl groups excluding tert-OH is 7. The van der Waals surface area contributed by atoms with Gasteiger partial charge >= 0.3 is 5.97 Å². The zero-order chi connectivity index (χ0) is 33.4. The molecule has 11 atom stereocenters. The monoisotopic (exact) mass is 655 g/mol. The minimum absolute atomic E-state index is 0.0813. The lowest BCUT2D eigenvalue weighted by Crippen LogP contribution is -2.60. The second-order valence-corrected chi connectivity index (χ2v) is 11.0. The number of rotatable bonds is 8. The van der Waals surface area contributed by atoms with Crippen LogP contribution in [0.1, 0.15) is 24.2 Å². The van der Waals surface area contributed by atoms with Gasteiger partial charge in [0.15, 0.2) is 17.3 Å². The molecular formula is C29H35O17+. The van der Waals surface area contributed by atoms with Crippen LogP contribution in [0, 0.1) is 0 Å². The molecule has 0 amide bonds. The SMILES string of the molecule is CC(=O)OC[C@H]1O[C@@H](OC2=Cc3c(O[C@@H]4O[C@H](CO)[C@@H](O)[C@H](O)[C@H]4O)cc(O)cc3[OH+]C2c2ccc(O)c(O)c2)[C@H](O)[C@H](O)[C@@H]1O. The standard InChI is InChI=1S/C29H34O17/c1-10(31)41-9-20-22(36)24(38)26(40)29(46-20)44-18-7-13-16(42-27(18)11-2-3-14(33)15(34)4-11)5-12(32)6-17(13)43-28-25(39)23(37)21(35)19(8-30)45-28/h2-7,19-30,32-40H,8-9H2,1H3/p+1/t19-,20-,21-,22-,23+,24-,25-,26-,27?,28-,29-/m1/s1. The van der Waals surface area contributed by atoms with Crippen molar-refractivity contribution >= 4 is 12.0 Å². The molecule has 2 aromatic rings. The Morgan fingerprint density at radius 1 is 0.804 bits per heavy atom. The van der Waals surface area contributed by atoms with Crippen molar-refractivity contribution in [1.29, 1.82) is 0 Å². The summed E-state index contributed by atoms with van der Waals surface area (Å²) in [6.45, 7) is -0.0857. The van der Waals surface area contributed by atoms with Gasteiger partial charge in [-0.25, -0.2) is 0 Å². The van der Waals surface area contributed by atoms with E-state index in [4.69, 9.17) is 23.7 Å².